The van der Waals surface area contributed by atoms with Crippen LogP contribution < -0.4 is 0 Å². The molecule has 0 radical (unpaired) electrons. The molecule has 0 atom stereocenters. The number of hydrogen-bond donors (Lipinski definition) is 0. The zero-order valence-corrected chi connectivity index (χ0v) is 42.1. The van der Waals surface area contributed by atoms with Crippen molar-refractivity contribution in [1.29, 1.82) is 0 Å². The van der Waals surface area contributed by atoms with E-state index in [9.17, 15) is 0 Å². The number of rotatable bonds is 8. The molecule has 6 aromatic carbocycles. The van der Waals surface area contributed by atoms with Crippen molar-refractivity contribution in [3.05, 3.63) is 199 Å². The predicted octanol–water partition coefficient (Wildman–Crippen LogP) is 16.4. The van der Waals surface area contributed by atoms with Gasteiger partial charge in [0.2, 0.25) is 0 Å². The Morgan fingerprint density at radius 1 is 0.468 bits per heavy atom. The third-order valence-corrected chi connectivity index (χ3v) is 21.6. The normalized spacial score (nSPS) is 14.2. The van der Waals surface area contributed by atoms with Gasteiger partial charge in [0.1, 0.15) is 0 Å². The first-order valence-electron chi connectivity index (χ1n) is 23.0. The van der Waals surface area contributed by atoms with Crippen molar-refractivity contribution in [3.63, 3.8) is 0 Å². The quantitative estimate of drug-likeness (QED) is 0.143. The van der Waals surface area contributed by atoms with Crippen LogP contribution in [0.15, 0.2) is 155 Å². The Morgan fingerprint density at radius 3 is 1.21 bits per heavy atom. The summed E-state index contributed by atoms with van der Waals surface area (Å²) in [4.78, 5) is 0. The SMILES string of the molecule is CC(C)(C)c1ccc(-c2cc3c(cc2C(C)(C)C)-c2cc(C(C)(C)C)c(-c4ccc(C(C)(C)C)cc4)cc2[CH]3[Zr]([C]2=CC=CC2)=[C](Cc2ccccc2)Cc2ccccc2)cc1. The molecule has 316 valence electrons. The first-order valence-corrected chi connectivity index (χ1v) is 26.9. The molecule has 8 rings (SSSR count). The van der Waals surface area contributed by atoms with Crippen molar-refractivity contribution in [2.24, 2.45) is 0 Å². The van der Waals surface area contributed by atoms with E-state index in [1.54, 1.807) is 17.6 Å². The Balaban J connectivity index is 1.47. The first-order chi connectivity index (χ1) is 29.3. The Bertz CT molecular complexity index is 2510. The van der Waals surface area contributed by atoms with Crippen LogP contribution in [0.3, 0.4) is 0 Å². The van der Waals surface area contributed by atoms with Gasteiger partial charge in [-0.15, -0.1) is 0 Å². The third-order valence-electron chi connectivity index (χ3n) is 13.3. The van der Waals surface area contributed by atoms with Crippen LogP contribution in [0.4, 0.5) is 0 Å². The molecule has 0 bridgehead atoms. The monoisotopic (exact) mass is 890 g/mol. The fourth-order valence-corrected chi connectivity index (χ4v) is 19.1. The third kappa shape index (κ3) is 9.13. The standard InChI is InChI=1S/C41H49.C15H14.C5H5.Zr/c1-38(2,3)30-17-13-26(14-18-30)34-22-28-21-29-23-35(27-15-19-31(20-16-27)39(4,5)6)37(41(10,11)12)25-33(29)32(28)24-36(34)40(7,8)9;1-3-8-14(9-4-1)12-7-13-15-10-5-2-6-11-15;1-2-4-5-3-1;/h13-25H,1-12H3;1-6,8-11H,12-13H2;1-3H,4H2;. The second-order valence-corrected chi connectivity index (χ2v) is 29.0. The van der Waals surface area contributed by atoms with Gasteiger partial charge in [0, 0.05) is 0 Å². The zero-order chi connectivity index (χ0) is 44.2. The second kappa shape index (κ2) is 16.9. The Kier molecular flexibility index (Phi) is 12.1. The van der Waals surface area contributed by atoms with Gasteiger partial charge in [-0.05, 0) is 0 Å². The molecule has 0 amide bonds. The molecule has 0 aromatic heterocycles. The van der Waals surface area contributed by atoms with E-state index >= 15 is 0 Å². The van der Waals surface area contributed by atoms with Gasteiger partial charge in [-0.1, -0.05) is 0 Å². The molecule has 0 heterocycles. The molecule has 0 spiro atoms. The summed E-state index contributed by atoms with van der Waals surface area (Å²) in [6.07, 6.45) is 10.4. The number of fused-ring (bicyclic) bond motifs is 3. The first kappa shape index (κ1) is 44.2. The van der Waals surface area contributed by atoms with Crippen LogP contribution in [0.25, 0.3) is 33.4 Å². The van der Waals surface area contributed by atoms with Gasteiger partial charge in [0.25, 0.3) is 0 Å². The number of benzene rings is 6. The van der Waals surface area contributed by atoms with E-state index < -0.39 is 21.3 Å². The molecule has 0 saturated heterocycles. The fourth-order valence-electron chi connectivity index (χ4n) is 9.87. The van der Waals surface area contributed by atoms with Gasteiger partial charge >= 0.3 is 385 Å². The van der Waals surface area contributed by atoms with E-state index in [0.29, 0.717) is 3.63 Å². The van der Waals surface area contributed by atoms with Gasteiger partial charge in [0.15, 0.2) is 0 Å². The maximum absolute atomic E-state index is 2.85. The van der Waals surface area contributed by atoms with Crippen LogP contribution in [0.2, 0.25) is 0 Å². The molecular weight excluding hydrogens is 824 g/mol. The summed E-state index contributed by atoms with van der Waals surface area (Å²) in [6.45, 7) is 28.3. The summed E-state index contributed by atoms with van der Waals surface area (Å²) in [5.74, 6) is 0. The van der Waals surface area contributed by atoms with Crippen LogP contribution in [0, 0.1) is 0 Å². The van der Waals surface area contributed by atoms with E-state index in [4.69, 9.17) is 0 Å². The average Bonchev–Trinajstić information content (AvgIpc) is 3.86. The van der Waals surface area contributed by atoms with Gasteiger partial charge in [-0.3, -0.25) is 0 Å². The van der Waals surface area contributed by atoms with Crippen LogP contribution in [0.1, 0.15) is 138 Å². The molecule has 62 heavy (non-hydrogen) atoms. The van der Waals surface area contributed by atoms with E-state index in [1.807, 2.05) is 0 Å². The van der Waals surface area contributed by atoms with Gasteiger partial charge in [-0.2, -0.15) is 0 Å². The molecule has 0 N–H and O–H groups in total. The summed E-state index contributed by atoms with van der Waals surface area (Å²) < 4.78 is 3.82. The average molecular weight is 892 g/mol. The molecule has 0 fully saturated rings. The topological polar surface area (TPSA) is 0 Å². The zero-order valence-electron chi connectivity index (χ0n) is 39.6. The summed E-state index contributed by atoms with van der Waals surface area (Å²) in [6, 6.07) is 52.4. The van der Waals surface area contributed by atoms with Gasteiger partial charge in [0.05, 0.1) is 0 Å². The van der Waals surface area contributed by atoms with Gasteiger partial charge in [-0.25, -0.2) is 0 Å². The van der Waals surface area contributed by atoms with Crippen molar-refractivity contribution in [2.45, 2.75) is 128 Å². The second-order valence-electron chi connectivity index (χ2n) is 22.2. The summed E-state index contributed by atoms with van der Waals surface area (Å²) in [5, 5.41) is 0. The summed E-state index contributed by atoms with van der Waals surface area (Å²) in [7, 11) is 0. The molecule has 0 unspecified atom stereocenters. The molecule has 0 saturated carbocycles. The molecule has 2 aliphatic rings. The summed E-state index contributed by atoms with van der Waals surface area (Å²) >= 11 is -2.85. The van der Waals surface area contributed by atoms with Crippen molar-refractivity contribution < 1.29 is 21.3 Å². The molecule has 0 nitrogen and oxygen atoms in total. The Hall–Kier alpha value is -4.45. The Morgan fingerprint density at radius 2 is 0.871 bits per heavy atom. The maximum atomic E-state index is 2.69. The minimum atomic E-state index is -2.85. The van der Waals surface area contributed by atoms with E-state index in [2.05, 4.69) is 235 Å². The molecule has 6 aromatic rings. The summed E-state index contributed by atoms with van der Waals surface area (Å²) in [5.41, 5.74) is 19.9. The van der Waals surface area contributed by atoms with Crippen molar-refractivity contribution >= 4 is 3.21 Å². The van der Waals surface area contributed by atoms with Crippen molar-refractivity contribution in [2.75, 3.05) is 0 Å². The van der Waals surface area contributed by atoms with Crippen molar-refractivity contribution in [1.82, 2.24) is 0 Å². The van der Waals surface area contributed by atoms with Crippen LogP contribution in [-0.4, -0.2) is 3.21 Å². The van der Waals surface area contributed by atoms with Crippen LogP contribution in [-0.2, 0) is 55.8 Å². The number of hydrogen-bond acceptors (Lipinski definition) is 0. The molecule has 1 heteroatoms. The minimum absolute atomic E-state index is 0.0513. The fraction of sp³-hybridized carbons (Fsp3) is 0.328. The van der Waals surface area contributed by atoms with Crippen LogP contribution in [0.5, 0.6) is 0 Å². The van der Waals surface area contributed by atoms with Gasteiger partial charge < -0.3 is 0 Å². The molecular formula is C61H68Zr. The number of allylic oxidation sites excluding steroid dienone is 4. The van der Waals surface area contributed by atoms with E-state index in [1.165, 1.54) is 66.8 Å². The molecule has 2 aliphatic carbocycles. The van der Waals surface area contributed by atoms with E-state index in [-0.39, 0.29) is 21.7 Å². The molecule has 0 aliphatic heterocycles. The predicted molar refractivity (Wildman–Crippen MR) is 267 cm³/mol. The van der Waals surface area contributed by atoms with E-state index in [0.717, 1.165) is 19.3 Å². The van der Waals surface area contributed by atoms with Crippen LogP contribution >= 0.6 is 0 Å². The Labute approximate surface area is 382 Å². The van der Waals surface area contributed by atoms with Crippen molar-refractivity contribution in [3.8, 4) is 33.4 Å².